The number of anilines is 6. The number of aliphatic hydroxyl groups excluding tert-OH is 2. The maximum absolute atomic E-state index is 12.8. The zero-order valence-corrected chi connectivity index (χ0v) is 49.4. The van der Waals surface area contributed by atoms with Crippen LogP contribution in [-0.4, -0.2) is 135 Å². The molecule has 4 fully saturated rings. The summed E-state index contributed by atoms with van der Waals surface area (Å²) in [5.74, 6) is 1.00. The van der Waals surface area contributed by atoms with Crippen LogP contribution in [0, 0.1) is 0 Å². The van der Waals surface area contributed by atoms with Gasteiger partial charge in [-0.2, -0.15) is 14.9 Å². The van der Waals surface area contributed by atoms with E-state index in [4.69, 9.17) is 46.9 Å². The van der Waals surface area contributed by atoms with Crippen molar-refractivity contribution in [1.29, 1.82) is 0 Å². The number of ketones is 2. The van der Waals surface area contributed by atoms with E-state index in [9.17, 15) is 19.8 Å². The molecule has 0 radical (unpaired) electrons. The van der Waals surface area contributed by atoms with Crippen molar-refractivity contribution < 1.29 is 19.8 Å². The van der Waals surface area contributed by atoms with Gasteiger partial charge in [0.2, 0.25) is 5.78 Å². The number of thiazole rings is 1. The molecule has 404 valence electrons. The minimum atomic E-state index is -0.165. The highest BCUT2D eigenvalue weighted by Gasteiger charge is 2.30. The average molecular weight is 1200 g/mol. The SMILES string of the molecule is CCSC(N)=NC(=S)Nc1ccc(N2CCC(N3CCCC(O)C3)CC2)cc1.Nc1nc(Nc2ccc(N3CCC(N4CCCC(O)C4)CC3)cc2)sc1C(=O)c1ccc(Cl)cc1.O=C(CBr)c1ccc(Cl)cc1.P. The number of thiocarbonyl (C=S) groups is 1. The number of rotatable bonds is 12. The van der Waals surface area contributed by atoms with Crippen LogP contribution in [-0.2, 0) is 0 Å². The number of amidine groups is 1. The van der Waals surface area contributed by atoms with Gasteiger partial charge in [0.1, 0.15) is 10.7 Å². The predicted molar refractivity (Wildman–Crippen MR) is 328 cm³/mol. The van der Waals surface area contributed by atoms with Gasteiger partial charge >= 0.3 is 0 Å². The second kappa shape index (κ2) is 30.3. The summed E-state index contributed by atoms with van der Waals surface area (Å²) in [5, 5.41) is 29.3. The number of likely N-dealkylation sites (tertiary alicyclic amines) is 2. The van der Waals surface area contributed by atoms with Gasteiger partial charge in [0.25, 0.3) is 0 Å². The summed E-state index contributed by atoms with van der Waals surface area (Å²) in [7, 11) is 0. The molecule has 0 spiro atoms. The lowest BCUT2D eigenvalue weighted by atomic mass is 9.98. The zero-order valence-electron chi connectivity index (χ0n) is 42.4. The number of nitrogens with zero attached hydrogens (tertiary/aromatic N) is 6. The Kier molecular flexibility index (Phi) is 24.4. The molecule has 5 aromatic rings. The topological polar surface area (TPSA) is 189 Å². The number of aliphatic hydroxyl groups is 2. The molecule has 5 heterocycles. The third-order valence-electron chi connectivity index (χ3n) is 13.5. The number of benzene rings is 4. The molecule has 14 nitrogen and oxygen atoms in total. The number of halogens is 3. The zero-order chi connectivity index (χ0) is 52.6. The van der Waals surface area contributed by atoms with Gasteiger partial charge in [-0.05, 0) is 179 Å². The molecule has 3 unspecified atom stereocenters. The molecule has 3 atom stereocenters. The molecule has 21 heteroatoms. The van der Waals surface area contributed by atoms with Gasteiger partial charge in [-0.15, -0.1) is 0 Å². The monoisotopic (exact) mass is 1200 g/mol. The summed E-state index contributed by atoms with van der Waals surface area (Å²) >= 11 is 22.6. The van der Waals surface area contributed by atoms with Crippen molar-refractivity contribution in [1.82, 2.24) is 14.8 Å². The molecule has 1 aromatic heterocycles. The normalized spacial score (nSPS) is 18.9. The predicted octanol–water partition coefficient (Wildman–Crippen LogP) is 10.6. The van der Waals surface area contributed by atoms with E-state index in [1.54, 1.807) is 48.5 Å². The number of hydrogen-bond donors (Lipinski definition) is 6. The quantitative estimate of drug-likeness (QED) is 0.0173. The van der Waals surface area contributed by atoms with Crippen molar-refractivity contribution >= 4 is 140 Å². The van der Waals surface area contributed by atoms with E-state index in [2.05, 4.69) is 80.4 Å². The molecule has 4 aromatic carbocycles. The molecular formula is C54H70BrCl2N10O4PS3. The fourth-order valence-corrected chi connectivity index (χ4v) is 11.8. The van der Waals surface area contributed by atoms with Crippen LogP contribution in [0.15, 0.2) is 102 Å². The molecule has 0 aliphatic carbocycles. The van der Waals surface area contributed by atoms with Crippen LogP contribution in [0.25, 0.3) is 0 Å². The number of carbonyl (C=O) groups excluding carboxylic acids is 2. The number of aromatic nitrogens is 1. The van der Waals surface area contributed by atoms with Gasteiger partial charge in [0, 0.05) is 95.3 Å². The van der Waals surface area contributed by atoms with Crippen LogP contribution >= 0.6 is 84.3 Å². The van der Waals surface area contributed by atoms with Crippen molar-refractivity contribution in [2.75, 3.05) is 89.6 Å². The summed E-state index contributed by atoms with van der Waals surface area (Å²) in [6.45, 7) is 10.1. The van der Waals surface area contributed by atoms with Crippen LogP contribution in [0.2, 0.25) is 10.0 Å². The number of hydrogen-bond acceptors (Lipinski definition) is 14. The lowest BCUT2D eigenvalue weighted by molar-refractivity contribution is 0.0397. The number of nitrogen functional groups attached to an aromatic ring is 1. The van der Waals surface area contributed by atoms with Crippen molar-refractivity contribution in [3.63, 3.8) is 0 Å². The van der Waals surface area contributed by atoms with Gasteiger partial charge < -0.3 is 42.1 Å². The van der Waals surface area contributed by atoms with E-state index in [0.29, 0.717) is 58.9 Å². The third kappa shape index (κ3) is 18.3. The Bertz CT molecular complexity index is 2620. The maximum atomic E-state index is 12.8. The number of alkyl halides is 1. The fraction of sp³-hybridized carbons (Fsp3) is 0.426. The van der Waals surface area contributed by atoms with E-state index in [0.717, 1.165) is 121 Å². The van der Waals surface area contributed by atoms with E-state index in [1.165, 1.54) is 34.5 Å². The number of β-amino-alcohol motifs (C(OH)–C–C–N with tert-alkyl or cyclic N) is 2. The first-order valence-electron chi connectivity index (χ1n) is 25.3. The lowest BCUT2D eigenvalue weighted by Gasteiger charge is -2.42. The highest BCUT2D eigenvalue weighted by atomic mass is 79.9. The standard InChI is InChI=1S/C26H30ClN5O2S.C20H31N5OS2.C8H6BrClO.H3P/c27-18-5-3-17(4-6-18)23(34)24-25(28)30-26(35-24)29-19-7-9-20(10-8-19)31-14-11-21(12-15-31)32-13-1-2-22(33)16-32;1-2-28-19(21)23-20(27)22-15-5-7-16(8-6-15)24-12-9-17(10-13-24)25-11-3-4-18(26)14-25;9-5-8(11)6-1-3-7(10)4-2-6;/h3-10,21-22,33H,1-2,11-16,28H2,(H,29,30);5-8,17-18,26H,2-4,9-14H2,1H3,(H3,21,22,23,27);1-4H,5H2;1H3. The van der Waals surface area contributed by atoms with Crippen LogP contribution in [0.3, 0.4) is 0 Å². The number of nitrogens with two attached hydrogens (primary N) is 2. The smallest absolute Gasteiger partial charge is 0.206 e. The van der Waals surface area contributed by atoms with Crippen LogP contribution in [0.4, 0.5) is 33.7 Å². The van der Waals surface area contributed by atoms with Crippen molar-refractivity contribution in [2.45, 2.75) is 82.6 Å². The Labute approximate surface area is 477 Å². The minimum Gasteiger partial charge on any atom is -0.392 e. The molecule has 75 heavy (non-hydrogen) atoms. The average Bonchev–Trinajstić information content (AvgIpc) is 3.78. The summed E-state index contributed by atoms with van der Waals surface area (Å²) in [5.41, 5.74) is 17.3. The second-order valence-corrected chi connectivity index (χ2v) is 22.8. The van der Waals surface area contributed by atoms with E-state index in [-0.39, 0.29) is 39.5 Å². The highest BCUT2D eigenvalue weighted by molar-refractivity contribution is 9.09. The molecule has 4 aliphatic rings. The Morgan fingerprint density at radius 3 is 1.67 bits per heavy atom. The molecule has 8 N–H and O–H groups in total. The number of nitrogens with one attached hydrogen (secondary N) is 2. The lowest BCUT2D eigenvalue weighted by Crippen LogP contribution is -2.49. The molecule has 4 saturated heterocycles. The summed E-state index contributed by atoms with van der Waals surface area (Å²) < 4.78 is 0. The highest BCUT2D eigenvalue weighted by Crippen LogP contribution is 2.32. The summed E-state index contributed by atoms with van der Waals surface area (Å²) in [6, 6.07) is 31.4. The first-order chi connectivity index (χ1) is 35.7. The molecule has 9 rings (SSSR count). The molecular weight excluding hydrogens is 1130 g/mol. The van der Waals surface area contributed by atoms with Gasteiger partial charge in [0.05, 0.1) is 17.5 Å². The number of thioether (sulfide) groups is 1. The van der Waals surface area contributed by atoms with Gasteiger partial charge in [-0.3, -0.25) is 19.4 Å². The Hall–Kier alpha value is -3.91. The second-order valence-electron chi connectivity index (χ2n) is 18.7. The van der Waals surface area contributed by atoms with Crippen molar-refractivity contribution in [2.24, 2.45) is 10.7 Å². The van der Waals surface area contributed by atoms with Gasteiger partial charge in [-0.1, -0.05) is 69.2 Å². The van der Waals surface area contributed by atoms with Crippen LogP contribution in [0.1, 0.15) is 83.9 Å². The van der Waals surface area contributed by atoms with Crippen LogP contribution < -0.4 is 31.9 Å². The number of aliphatic imine (C=N–C) groups is 1. The van der Waals surface area contributed by atoms with E-state index in [1.807, 2.05) is 31.2 Å². The first kappa shape index (κ1) is 60.3. The number of piperidine rings is 4. The van der Waals surface area contributed by atoms with Crippen molar-refractivity contribution in [3.8, 4) is 0 Å². The third-order valence-corrected chi connectivity index (χ3v) is 16.4. The van der Waals surface area contributed by atoms with Gasteiger partial charge in [-0.25, -0.2) is 4.98 Å². The fourth-order valence-electron chi connectivity index (χ4n) is 9.67. The molecule has 0 bridgehead atoms. The summed E-state index contributed by atoms with van der Waals surface area (Å²) in [4.78, 5) is 42.6. The molecule has 0 amide bonds. The Morgan fingerprint density at radius 2 is 1.21 bits per heavy atom. The minimum absolute atomic E-state index is 0. The molecule has 4 aliphatic heterocycles. The first-order valence-corrected chi connectivity index (χ1v) is 29.3. The van der Waals surface area contributed by atoms with E-state index < -0.39 is 0 Å². The van der Waals surface area contributed by atoms with E-state index >= 15 is 0 Å². The van der Waals surface area contributed by atoms with Gasteiger partial charge in [0.15, 0.2) is 21.2 Å². The Balaban J connectivity index is 0.000000204. The molecule has 0 saturated carbocycles. The van der Waals surface area contributed by atoms with Crippen LogP contribution in [0.5, 0.6) is 0 Å². The maximum Gasteiger partial charge on any atom is 0.206 e. The van der Waals surface area contributed by atoms with Crippen molar-refractivity contribution in [3.05, 3.63) is 123 Å². The summed E-state index contributed by atoms with van der Waals surface area (Å²) in [6.07, 6.45) is 8.34. The largest absolute Gasteiger partial charge is 0.392 e. The number of carbonyl (C=O) groups is 2. The number of Topliss-reactive ketones (excluding diaryl/α,β-unsaturated/α-hetero) is 1. The Morgan fingerprint density at radius 1 is 0.747 bits per heavy atom.